The highest BCUT2D eigenvalue weighted by atomic mass is 32.2. The minimum atomic E-state index is -3.07. The fourth-order valence-corrected chi connectivity index (χ4v) is 3.98. The van der Waals surface area contributed by atoms with Crippen LogP contribution in [0.15, 0.2) is 17.0 Å². The quantitative estimate of drug-likeness (QED) is 0.652. The van der Waals surface area contributed by atoms with Gasteiger partial charge >= 0.3 is 5.25 Å². The van der Waals surface area contributed by atoms with Gasteiger partial charge in [0.25, 0.3) is 0 Å². The van der Waals surface area contributed by atoms with Gasteiger partial charge in [-0.15, -0.1) is 12.6 Å². The Morgan fingerprint density at radius 3 is 2.70 bits per heavy atom. The largest absolute Gasteiger partial charge is 0.316 e. The summed E-state index contributed by atoms with van der Waals surface area (Å²) in [6.45, 7) is 3.37. The summed E-state index contributed by atoms with van der Waals surface area (Å²) in [6, 6.07) is 3.67. The molecule has 110 valence electrons. The maximum absolute atomic E-state index is 13.7. The Morgan fingerprint density at radius 2 is 2.00 bits per heavy atom. The molecule has 20 heavy (non-hydrogen) atoms. The molecule has 1 saturated heterocycles. The summed E-state index contributed by atoms with van der Waals surface area (Å²) in [4.78, 5) is 3.27. The molecule has 0 aromatic heterocycles. The molecule has 0 saturated carbocycles. The molecule has 1 aromatic carbocycles. The summed E-state index contributed by atoms with van der Waals surface area (Å²) in [6.07, 6.45) is 3.69. The molecule has 2 nitrogen and oxygen atoms in total. The van der Waals surface area contributed by atoms with Crippen molar-refractivity contribution in [2.45, 2.75) is 42.5 Å². The fraction of sp³-hybridized carbons (Fsp3) is 0.571. The number of benzene rings is 1. The monoisotopic (exact) mass is 316 g/mol. The van der Waals surface area contributed by atoms with Crippen LogP contribution >= 0.6 is 24.6 Å². The van der Waals surface area contributed by atoms with Gasteiger partial charge in [-0.3, -0.25) is 9.62 Å². The van der Waals surface area contributed by atoms with Crippen molar-refractivity contribution in [2.75, 3.05) is 13.1 Å². The number of halogens is 2. The van der Waals surface area contributed by atoms with Crippen LogP contribution in [-0.4, -0.2) is 18.0 Å². The Balaban J connectivity index is 1.88. The lowest BCUT2D eigenvalue weighted by Crippen LogP contribution is -2.29. The average molecular weight is 316 g/mol. The van der Waals surface area contributed by atoms with Crippen molar-refractivity contribution < 1.29 is 8.78 Å². The van der Waals surface area contributed by atoms with E-state index in [-0.39, 0.29) is 5.56 Å². The molecule has 3 rings (SSSR count). The standard InChI is InChI=1S/C14H18F2N2S2/c15-14(16,19)12-6-10(7-13-11(12)8-17-20-13)9-18-4-2-1-3-5-18/h6-7,17,19H,1-5,8-9H2. The maximum atomic E-state index is 13.7. The molecule has 0 amide bonds. The highest BCUT2D eigenvalue weighted by molar-refractivity contribution is 7.97. The molecule has 0 unspecified atom stereocenters. The van der Waals surface area contributed by atoms with Gasteiger partial charge in [-0.2, -0.15) is 8.78 Å². The van der Waals surface area contributed by atoms with Crippen LogP contribution in [0.25, 0.3) is 0 Å². The molecule has 6 heteroatoms. The molecular weight excluding hydrogens is 298 g/mol. The summed E-state index contributed by atoms with van der Waals surface area (Å²) in [7, 11) is 0. The van der Waals surface area contributed by atoms with Gasteiger partial charge in [-0.05, 0) is 61.1 Å². The molecule has 0 aliphatic carbocycles. The van der Waals surface area contributed by atoms with Crippen molar-refractivity contribution >= 4 is 24.6 Å². The first-order valence-corrected chi connectivity index (χ1v) is 8.19. The van der Waals surface area contributed by atoms with Crippen molar-refractivity contribution in [1.29, 1.82) is 0 Å². The number of alkyl halides is 2. The normalized spacial score (nSPS) is 20.1. The molecule has 2 aliphatic heterocycles. The summed E-state index contributed by atoms with van der Waals surface area (Å²) in [5.74, 6) is 0. The molecule has 0 bridgehead atoms. The predicted octanol–water partition coefficient (Wildman–Crippen LogP) is 3.76. The number of likely N-dealkylation sites (tertiary alicyclic amines) is 1. The summed E-state index contributed by atoms with van der Waals surface area (Å²) in [5, 5.41) is -3.07. The zero-order valence-corrected chi connectivity index (χ0v) is 12.9. The molecule has 1 N–H and O–H groups in total. The van der Waals surface area contributed by atoms with E-state index in [4.69, 9.17) is 0 Å². The van der Waals surface area contributed by atoms with Crippen LogP contribution in [0.2, 0.25) is 0 Å². The van der Waals surface area contributed by atoms with Crippen LogP contribution in [0.5, 0.6) is 0 Å². The van der Waals surface area contributed by atoms with Crippen LogP contribution in [0.1, 0.15) is 36.0 Å². The van der Waals surface area contributed by atoms with Gasteiger partial charge in [0, 0.05) is 23.5 Å². The summed E-state index contributed by atoms with van der Waals surface area (Å²) >= 11 is 4.91. The van der Waals surface area contributed by atoms with E-state index in [1.165, 1.54) is 31.2 Å². The molecule has 2 heterocycles. The number of hydrogen-bond donors (Lipinski definition) is 2. The minimum Gasteiger partial charge on any atom is -0.299 e. The van der Waals surface area contributed by atoms with Gasteiger partial charge in [0.2, 0.25) is 0 Å². The molecule has 0 radical (unpaired) electrons. The second-order valence-corrected chi connectivity index (χ2v) is 6.92. The fourth-order valence-electron chi connectivity index (χ4n) is 2.90. The van der Waals surface area contributed by atoms with Crippen LogP contribution in [0, 0.1) is 0 Å². The van der Waals surface area contributed by atoms with E-state index in [0.717, 1.165) is 30.1 Å². The minimum absolute atomic E-state index is 0.0582. The van der Waals surface area contributed by atoms with Crippen molar-refractivity contribution in [3.63, 3.8) is 0 Å². The van der Waals surface area contributed by atoms with E-state index in [2.05, 4.69) is 22.3 Å². The SMILES string of the molecule is FC(F)(S)c1cc(CN2CCCCC2)cc2c1CNS2. The Labute approximate surface area is 127 Å². The zero-order valence-electron chi connectivity index (χ0n) is 11.2. The van der Waals surface area contributed by atoms with Crippen molar-refractivity contribution in [2.24, 2.45) is 0 Å². The number of thiol groups is 1. The highest BCUT2D eigenvalue weighted by Gasteiger charge is 2.32. The molecule has 1 fully saturated rings. The second-order valence-electron chi connectivity index (χ2n) is 5.42. The van der Waals surface area contributed by atoms with Crippen LogP contribution in [0.3, 0.4) is 0 Å². The number of piperidine rings is 1. The van der Waals surface area contributed by atoms with Gasteiger partial charge < -0.3 is 0 Å². The number of nitrogens with one attached hydrogen (secondary N) is 1. The van der Waals surface area contributed by atoms with E-state index >= 15 is 0 Å². The highest BCUT2D eigenvalue weighted by Crippen LogP contribution is 2.41. The third kappa shape index (κ3) is 3.13. The van der Waals surface area contributed by atoms with Crippen molar-refractivity contribution in [1.82, 2.24) is 9.62 Å². The lowest BCUT2D eigenvalue weighted by molar-refractivity contribution is 0.106. The van der Waals surface area contributed by atoms with Crippen molar-refractivity contribution in [3.8, 4) is 0 Å². The maximum Gasteiger partial charge on any atom is 0.316 e. The molecule has 2 aliphatic rings. The number of rotatable bonds is 3. The van der Waals surface area contributed by atoms with Gasteiger partial charge in [0.15, 0.2) is 0 Å². The summed E-state index contributed by atoms with van der Waals surface area (Å²) < 4.78 is 30.4. The Morgan fingerprint density at radius 1 is 1.25 bits per heavy atom. The van der Waals surface area contributed by atoms with E-state index < -0.39 is 5.25 Å². The smallest absolute Gasteiger partial charge is 0.299 e. The lowest BCUT2D eigenvalue weighted by Gasteiger charge is -2.27. The molecule has 1 aromatic rings. The zero-order chi connectivity index (χ0) is 14.2. The first kappa shape index (κ1) is 14.6. The van der Waals surface area contributed by atoms with Gasteiger partial charge in [-0.25, -0.2) is 0 Å². The van der Waals surface area contributed by atoms with E-state index in [9.17, 15) is 8.78 Å². The third-order valence-corrected chi connectivity index (χ3v) is 4.99. The van der Waals surface area contributed by atoms with Crippen LogP contribution in [0.4, 0.5) is 8.78 Å². The number of nitrogens with zero attached hydrogens (tertiary/aromatic N) is 1. The molecule has 0 spiro atoms. The second kappa shape index (κ2) is 5.83. The predicted molar refractivity (Wildman–Crippen MR) is 81.1 cm³/mol. The number of hydrogen-bond acceptors (Lipinski definition) is 4. The summed E-state index contributed by atoms with van der Waals surface area (Å²) in [5.41, 5.74) is 1.71. The van der Waals surface area contributed by atoms with E-state index in [0.29, 0.717) is 12.1 Å². The van der Waals surface area contributed by atoms with Crippen LogP contribution < -0.4 is 4.72 Å². The topological polar surface area (TPSA) is 15.3 Å². The Kier molecular flexibility index (Phi) is 4.26. The van der Waals surface area contributed by atoms with Gasteiger partial charge in [0.05, 0.1) is 0 Å². The number of fused-ring (bicyclic) bond motifs is 1. The van der Waals surface area contributed by atoms with E-state index in [1.807, 2.05) is 6.07 Å². The van der Waals surface area contributed by atoms with Gasteiger partial charge in [0.1, 0.15) is 0 Å². The molecular formula is C14H18F2N2S2. The third-order valence-electron chi connectivity index (χ3n) is 3.88. The molecule has 0 atom stereocenters. The average Bonchev–Trinajstić information content (AvgIpc) is 2.86. The van der Waals surface area contributed by atoms with Crippen LogP contribution in [-0.2, 0) is 18.3 Å². The first-order chi connectivity index (χ1) is 9.54. The van der Waals surface area contributed by atoms with Crippen molar-refractivity contribution in [3.05, 3.63) is 28.8 Å². The first-order valence-electron chi connectivity index (χ1n) is 6.92. The van der Waals surface area contributed by atoms with E-state index in [1.54, 1.807) is 6.07 Å². The van der Waals surface area contributed by atoms with Gasteiger partial charge in [-0.1, -0.05) is 6.42 Å². The Hall–Kier alpha value is -0.300. The lowest BCUT2D eigenvalue weighted by atomic mass is 10.0. The Bertz CT molecular complexity index is 497.